The molecular weight excluding hydrogens is 385 g/mol. The summed E-state index contributed by atoms with van der Waals surface area (Å²) in [4.78, 5) is 4.63. The number of aromatic nitrogens is 3. The summed E-state index contributed by atoms with van der Waals surface area (Å²) < 4.78 is 15.4. The largest absolute Gasteiger partial charge is 0.378 e. The first-order chi connectivity index (χ1) is 14.0. The van der Waals surface area contributed by atoms with E-state index in [9.17, 15) is 4.39 Å². The third kappa shape index (κ3) is 4.56. The van der Waals surface area contributed by atoms with E-state index in [1.54, 1.807) is 6.07 Å². The van der Waals surface area contributed by atoms with Crippen molar-refractivity contribution >= 4 is 23.1 Å². The number of thioether (sulfide) groups is 1. The molecule has 4 rings (SSSR count). The molecule has 2 N–H and O–H groups in total. The predicted molar refractivity (Wildman–Crippen MR) is 117 cm³/mol. The van der Waals surface area contributed by atoms with Crippen molar-refractivity contribution in [3.8, 4) is 0 Å². The lowest BCUT2D eigenvalue weighted by Crippen LogP contribution is -2.31. The minimum atomic E-state index is -0.202. The van der Waals surface area contributed by atoms with Crippen molar-refractivity contribution in [1.82, 2.24) is 19.9 Å². The van der Waals surface area contributed by atoms with Crippen LogP contribution in [0.25, 0.3) is 5.65 Å². The number of rotatable bonds is 6. The van der Waals surface area contributed by atoms with Crippen molar-refractivity contribution in [2.75, 3.05) is 18.4 Å². The summed E-state index contributed by atoms with van der Waals surface area (Å²) in [5.74, 6) is 0.133. The van der Waals surface area contributed by atoms with E-state index in [0.29, 0.717) is 17.7 Å². The third-order valence-electron chi connectivity index (χ3n) is 5.38. The van der Waals surface area contributed by atoms with Gasteiger partial charge in [-0.15, -0.1) is 0 Å². The van der Waals surface area contributed by atoms with Crippen LogP contribution in [0, 0.1) is 12.7 Å². The average Bonchev–Trinajstić information content (AvgIpc) is 3.12. The Kier molecular flexibility index (Phi) is 6.06. The SMILES string of the molecule is Cc1cc(F)ccc1CNc1cc(SC2CCCNC2)nn2c(C(C)C)cnc12. The summed E-state index contributed by atoms with van der Waals surface area (Å²) in [5, 5.41) is 13.4. The number of fused-ring (bicyclic) bond motifs is 1. The van der Waals surface area contributed by atoms with Crippen LogP contribution in [0.5, 0.6) is 0 Å². The lowest BCUT2D eigenvalue weighted by molar-refractivity contribution is 0.531. The van der Waals surface area contributed by atoms with Gasteiger partial charge in [0.15, 0.2) is 5.65 Å². The van der Waals surface area contributed by atoms with Gasteiger partial charge in [-0.25, -0.2) is 13.9 Å². The van der Waals surface area contributed by atoms with Gasteiger partial charge in [0.05, 0.1) is 17.6 Å². The quantitative estimate of drug-likeness (QED) is 0.610. The maximum atomic E-state index is 13.4. The number of hydrogen-bond acceptors (Lipinski definition) is 5. The Morgan fingerprint density at radius 1 is 1.34 bits per heavy atom. The number of aryl methyl sites for hydroxylation is 1. The Balaban J connectivity index is 1.65. The molecule has 0 radical (unpaired) electrons. The predicted octanol–water partition coefficient (Wildman–Crippen LogP) is 4.76. The Morgan fingerprint density at radius 2 is 2.21 bits per heavy atom. The number of nitrogens with one attached hydrogen (secondary N) is 2. The second-order valence-electron chi connectivity index (χ2n) is 7.98. The zero-order valence-electron chi connectivity index (χ0n) is 17.2. The summed E-state index contributed by atoms with van der Waals surface area (Å²) in [7, 11) is 0. The van der Waals surface area contributed by atoms with Crippen LogP contribution in [-0.4, -0.2) is 32.9 Å². The highest BCUT2D eigenvalue weighted by Gasteiger charge is 2.18. The Morgan fingerprint density at radius 3 is 2.93 bits per heavy atom. The molecule has 0 aliphatic carbocycles. The van der Waals surface area contributed by atoms with Gasteiger partial charge in [0.25, 0.3) is 0 Å². The summed E-state index contributed by atoms with van der Waals surface area (Å²) in [6.45, 7) is 8.99. The Hall–Kier alpha value is -2.12. The molecule has 29 heavy (non-hydrogen) atoms. The average molecular weight is 414 g/mol. The van der Waals surface area contributed by atoms with Gasteiger partial charge in [0.1, 0.15) is 10.8 Å². The van der Waals surface area contributed by atoms with Crippen LogP contribution >= 0.6 is 11.8 Å². The summed E-state index contributed by atoms with van der Waals surface area (Å²) in [5.41, 5.74) is 4.91. The van der Waals surface area contributed by atoms with Crippen LogP contribution in [-0.2, 0) is 6.54 Å². The van der Waals surface area contributed by atoms with Gasteiger partial charge >= 0.3 is 0 Å². The fourth-order valence-electron chi connectivity index (χ4n) is 3.68. The highest BCUT2D eigenvalue weighted by Crippen LogP contribution is 2.30. The van der Waals surface area contributed by atoms with Crippen molar-refractivity contribution in [3.63, 3.8) is 0 Å². The zero-order valence-corrected chi connectivity index (χ0v) is 18.0. The molecule has 0 amide bonds. The van der Waals surface area contributed by atoms with Crippen LogP contribution in [0.2, 0.25) is 0 Å². The van der Waals surface area contributed by atoms with Gasteiger partial charge in [-0.3, -0.25) is 0 Å². The molecule has 1 atom stereocenters. The van der Waals surface area contributed by atoms with E-state index < -0.39 is 0 Å². The first-order valence-electron chi connectivity index (χ1n) is 10.3. The second-order valence-corrected chi connectivity index (χ2v) is 9.30. The standard InChI is InChI=1S/C22H28FN5S/c1-14(2)20-13-26-22-19(25-11-16-6-7-17(23)9-15(16)3)10-21(27-28(20)22)29-18-5-4-8-24-12-18/h6-7,9-10,13-14,18,24-25H,4-5,8,11-12H2,1-3H3. The summed E-state index contributed by atoms with van der Waals surface area (Å²) in [6, 6.07) is 7.02. The minimum Gasteiger partial charge on any atom is -0.378 e. The molecule has 2 aromatic heterocycles. The highest BCUT2D eigenvalue weighted by atomic mass is 32.2. The normalized spacial score (nSPS) is 17.2. The van der Waals surface area contributed by atoms with Crippen LogP contribution in [0.15, 0.2) is 35.5 Å². The van der Waals surface area contributed by atoms with Crippen LogP contribution in [0.3, 0.4) is 0 Å². The first kappa shape index (κ1) is 20.2. The maximum absolute atomic E-state index is 13.4. The summed E-state index contributed by atoms with van der Waals surface area (Å²) >= 11 is 1.83. The van der Waals surface area contributed by atoms with E-state index in [-0.39, 0.29) is 5.82 Å². The van der Waals surface area contributed by atoms with Crippen LogP contribution < -0.4 is 10.6 Å². The van der Waals surface area contributed by atoms with Crippen molar-refractivity contribution in [2.24, 2.45) is 0 Å². The van der Waals surface area contributed by atoms with Crippen LogP contribution in [0.4, 0.5) is 10.1 Å². The molecule has 1 aliphatic heterocycles. The topological polar surface area (TPSA) is 54.2 Å². The Bertz CT molecular complexity index is 994. The van der Waals surface area contributed by atoms with Gasteiger partial charge in [-0.1, -0.05) is 31.7 Å². The van der Waals surface area contributed by atoms with Crippen LogP contribution in [0.1, 0.15) is 49.4 Å². The van der Waals surface area contributed by atoms with Crippen molar-refractivity contribution in [2.45, 2.75) is 56.4 Å². The number of halogens is 1. The van der Waals surface area contributed by atoms with Gasteiger partial charge in [0, 0.05) is 18.3 Å². The number of hydrogen-bond donors (Lipinski definition) is 2. The fraction of sp³-hybridized carbons (Fsp3) is 0.455. The second kappa shape index (κ2) is 8.71. The van der Waals surface area contributed by atoms with E-state index in [2.05, 4.69) is 35.5 Å². The molecule has 0 bridgehead atoms. The molecule has 3 heterocycles. The number of imidazole rings is 1. The van der Waals surface area contributed by atoms with E-state index in [1.807, 2.05) is 35.5 Å². The number of piperidine rings is 1. The van der Waals surface area contributed by atoms with E-state index in [0.717, 1.165) is 46.3 Å². The number of anilines is 1. The number of benzene rings is 1. The van der Waals surface area contributed by atoms with E-state index >= 15 is 0 Å². The molecule has 0 spiro atoms. The molecule has 3 aromatic rings. The fourth-order valence-corrected chi connectivity index (χ4v) is 4.83. The molecule has 7 heteroatoms. The van der Waals surface area contributed by atoms with Gasteiger partial charge in [0.2, 0.25) is 0 Å². The van der Waals surface area contributed by atoms with Crippen molar-refractivity contribution in [1.29, 1.82) is 0 Å². The van der Waals surface area contributed by atoms with Crippen molar-refractivity contribution in [3.05, 3.63) is 53.1 Å². The smallest absolute Gasteiger partial charge is 0.177 e. The molecule has 0 saturated carbocycles. The third-order valence-corrected chi connectivity index (χ3v) is 6.55. The molecule has 1 saturated heterocycles. The molecular formula is C22H28FN5S. The van der Waals surface area contributed by atoms with Gasteiger partial charge < -0.3 is 10.6 Å². The Labute approximate surface area is 175 Å². The highest BCUT2D eigenvalue weighted by molar-refractivity contribution is 7.99. The maximum Gasteiger partial charge on any atom is 0.177 e. The van der Waals surface area contributed by atoms with E-state index in [4.69, 9.17) is 5.10 Å². The molecule has 1 aliphatic rings. The lowest BCUT2D eigenvalue weighted by atomic mass is 10.1. The van der Waals surface area contributed by atoms with Gasteiger partial charge in [-0.05, 0) is 61.6 Å². The van der Waals surface area contributed by atoms with E-state index in [1.165, 1.54) is 18.9 Å². The molecule has 154 valence electrons. The molecule has 1 aromatic carbocycles. The monoisotopic (exact) mass is 413 g/mol. The molecule has 1 unspecified atom stereocenters. The lowest BCUT2D eigenvalue weighted by Gasteiger charge is -2.22. The minimum absolute atomic E-state index is 0.202. The first-order valence-corrected chi connectivity index (χ1v) is 11.1. The zero-order chi connectivity index (χ0) is 20.4. The van der Waals surface area contributed by atoms with Gasteiger partial charge in [-0.2, -0.15) is 5.10 Å². The summed E-state index contributed by atoms with van der Waals surface area (Å²) in [6.07, 6.45) is 4.32. The number of nitrogens with zero attached hydrogens (tertiary/aromatic N) is 3. The van der Waals surface area contributed by atoms with Crippen molar-refractivity contribution < 1.29 is 4.39 Å². The molecule has 1 fully saturated rings. The molecule has 5 nitrogen and oxygen atoms in total.